The van der Waals surface area contributed by atoms with Crippen molar-refractivity contribution in [3.8, 4) is 24.7 Å². The van der Waals surface area contributed by atoms with Crippen LogP contribution in [0.25, 0.3) is 0 Å². The van der Waals surface area contributed by atoms with Crippen LogP contribution in [0.15, 0.2) is 0 Å². The maximum atomic E-state index is 13.7. The lowest BCUT2D eigenvalue weighted by atomic mass is 10.2. The summed E-state index contributed by atoms with van der Waals surface area (Å²) in [5, 5.41) is 2.07. The number of hydrogen-bond donors (Lipinski definition) is 0. The highest BCUT2D eigenvalue weighted by Gasteiger charge is 2.37. The van der Waals surface area contributed by atoms with E-state index in [0.29, 0.717) is 10.0 Å². The highest BCUT2D eigenvalue weighted by atomic mass is 16.7. The lowest BCUT2D eigenvalue weighted by Crippen LogP contribution is -2.51. The standard InChI is InChI=1S/C40H42N8O20/c1-3-25(49)43(23-13-27(51)41(19-15-37(61)65-45-29(53)5-6-30(45)54)20-16-38(62)66-46-31(55)7-8-32(46)56)44(26(50)4-2)24-14-28(52)42(21-17-39(63)67-47-33(57)9-10-34(47)58)22-18-40(64)68-48-35(59)11-12-36(48)60/h1-2H,5-24H2. The summed E-state index contributed by atoms with van der Waals surface area (Å²) in [4.78, 5) is 220. The number of hydrazine groups is 1. The molecule has 0 spiro atoms. The molecule has 0 saturated carbocycles. The van der Waals surface area contributed by atoms with Gasteiger partial charge in [-0.3, -0.25) is 57.5 Å². The Labute approximate surface area is 384 Å². The van der Waals surface area contributed by atoms with Crippen LogP contribution in [0.4, 0.5) is 0 Å². The number of amides is 12. The molecule has 0 radical (unpaired) electrons. The van der Waals surface area contributed by atoms with Gasteiger partial charge in [0.25, 0.3) is 47.3 Å². The number of carbonyl (C=O) groups is 16. The van der Waals surface area contributed by atoms with Gasteiger partial charge >= 0.3 is 35.7 Å². The Morgan fingerprint density at radius 2 is 0.574 bits per heavy atom. The maximum Gasteiger partial charge on any atom is 0.334 e. The molecule has 28 heteroatoms. The van der Waals surface area contributed by atoms with Gasteiger partial charge < -0.3 is 29.2 Å². The van der Waals surface area contributed by atoms with Crippen molar-refractivity contribution < 1.29 is 96.1 Å². The first-order valence-corrected chi connectivity index (χ1v) is 20.6. The van der Waals surface area contributed by atoms with E-state index in [-0.39, 0.29) is 71.6 Å². The van der Waals surface area contributed by atoms with Crippen molar-refractivity contribution in [1.82, 2.24) is 40.1 Å². The van der Waals surface area contributed by atoms with Gasteiger partial charge in [0.15, 0.2) is 0 Å². The van der Waals surface area contributed by atoms with Crippen LogP contribution in [0.2, 0.25) is 0 Å². The number of imide groups is 4. The Morgan fingerprint density at radius 3 is 0.765 bits per heavy atom. The molecule has 0 N–H and O–H groups in total. The third-order valence-electron chi connectivity index (χ3n) is 9.93. The maximum absolute atomic E-state index is 13.7. The third kappa shape index (κ3) is 14.2. The number of hydrogen-bond acceptors (Lipinski definition) is 20. The quantitative estimate of drug-likeness (QED) is 0.0571. The first-order valence-electron chi connectivity index (χ1n) is 20.6. The summed E-state index contributed by atoms with van der Waals surface area (Å²) in [5.41, 5.74) is 0. The molecule has 0 aromatic carbocycles. The van der Waals surface area contributed by atoms with Gasteiger partial charge in [-0.05, 0) is 11.8 Å². The van der Waals surface area contributed by atoms with Gasteiger partial charge in [0.05, 0.1) is 38.8 Å². The van der Waals surface area contributed by atoms with Crippen LogP contribution >= 0.6 is 0 Å². The normalized spacial score (nSPS) is 15.6. The van der Waals surface area contributed by atoms with Crippen molar-refractivity contribution in [2.45, 2.75) is 89.9 Å². The van der Waals surface area contributed by atoms with Crippen molar-refractivity contribution in [2.75, 3.05) is 39.3 Å². The molecule has 12 amide bonds. The molecule has 0 atom stereocenters. The number of rotatable bonds is 22. The molecule has 0 bridgehead atoms. The molecule has 28 nitrogen and oxygen atoms in total. The average molecular weight is 955 g/mol. The van der Waals surface area contributed by atoms with E-state index in [1.54, 1.807) is 11.8 Å². The predicted octanol–water partition coefficient (Wildman–Crippen LogP) is -3.75. The number of carbonyl (C=O) groups excluding carboxylic acids is 16. The van der Waals surface area contributed by atoms with Crippen LogP contribution in [0.3, 0.4) is 0 Å². The molecule has 0 aliphatic carbocycles. The van der Waals surface area contributed by atoms with E-state index in [2.05, 4.69) is 0 Å². The number of hydroxylamine groups is 8. The molecular weight excluding hydrogens is 912 g/mol. The van der Waals surface area contributed by atoms with Gasteiger partial charge in [0.2, 0.25) is 11.8 Å². The smallest absolute Gasteiger partial charge is 0.334 e. The van der Waals surface area contributed by atoms with E-state index in [1.807, 2.05) is 0 Å². The van der Waals surface area contributed by atoms with Crippen LogP contribution in [-0.4, -0.2) is 174 Å². The monoisotopic (exact) mass is 954 g/mol. The van der Waals surface area contributed by atoms with Gasteiger partial charge in [-0.25, -0.2) is 29.2 Å². The van der Waals surface area contributed by atoms with Crippen LogP contribution in [0, 0.1) is 24.7 Å². The second-order valence-corrected chi connectivity index (χ2v) is 14.6. The summed E-state index contributed by atoms with van der Waals surface area (Å²) in [5.74, 6) is -11.9. The van der Waals surface area contributed by atoms with Crippen molar-refractivity contribution in [2.24, 2.45) is 0 Å². The molecule has 4 rings (SSSR count). The van der Waals surface area contributed by atoms with Crippen LogP contribution < -0.4 is 0 Å². The first kappa shape index (κ1) is 52.1. The van der Waals surface area contributed by atoms with E-state index < -0.39 is 173 Å². The molecule has 0 aromatic rings. The van der Waals surface area contributed by atoms with Gasteiger partial charge in [-0.15, -0.1) is 33.1 Å². The lowest BCUT2D eigenvalue weighted by Gasteiger charge is -2.33. The highest BCUT2D eigenvalue weighted by Crippen LogP contribution is 2.17. The van der Waals surface area contributed by atoms with E-state index in [9.17, 15) is 76.7 Å². The summed E-state index contributed by atoms with van der Waals surface area (Å²) in [7, 11) is 0. The minimum atomic E-state index is -1.27. The molecule has 4 aliphatic heterocycles. The molecule has 4 fully saturated rings. The van der Waals surface area contributed by atoms with Crippen LogP contribution in [0.5, 0.6) is 0 Å². The Hall–Kier alpha value is -8.56. The molecule has 4 saturated heterocycles. The zero-order valence-electron chi connectivity index (χ0n) is 36.0. The van der Waals surface area contributed by atoms with Gasteiger partial charge in [0.1, 0.15) is 0 Å². The van der Waals surface area contributed by atoms with Crippen molar-refractivity contribution in [3.05, 3.63) is 0 Å². The predicted molar refractivity (Wildman–Crippen MR) is 211 cm³/mol. The Kier molecular flexibility index (Phi) is 18.5. The van der Waals surface area contributed by atoms with Crippen molar-refractivity contribution in [1.29, 1.82) is 0 Å². The Bertz CT molecular complexity index is 1950. The Balaban J connectivity index is 1.46. The fraction of sp³-hybridized carbons (Fsp3) is 0.500. The summed E-state index contributed by atoms with van der Waals surface area (Å²) < 4.78 is 0. The van der Waals surface area contributed by atoms with Crippen LogP contribution in [-0.2, 0) is 96.1 Å². The summed E-state index contributed by atoms with van der Waals surface area (Å²) in [6.45, 7) is -3.74. The van der Waals surface area contributed by atoms with Crippen LogP contribution in [0.1, 0.15) is 89.9 Å². The van der Waals surface area contributed by atoms with E-state index in [4.69, 9.17) is 32.2 Å². The van der Waals surface area contributed by atoms with Gasteiger partial charge in [-0.1, -0.05) is 0 Å². The summed E-state index contributed by atoms with van der Waals surface area (Å²) >= 11 is 0. The van der Waals surface area contributed by atoms with Crippen molar-refractivity contribution in [3.63, 3.8) is 0 Å². The molecule has 4 heterocycles. The SMILES string of the molecule is C#CC(=O)N(CCC(=O)N(CCC(=O)ON1C(=O)CCC1=O)CCC(=O)ON1C(=O)CCC1=O)N(CCC(=O)N(CCC(=O)ON1C(=O)CCC1=O)CCC(=O)ON1C(=O)CCC1=O)C(=O)C#C. The van der Waals surface area contributed by atoms with Crippen molar-refractivity contribution >= 4 is 94.8 Å². The zero-order chi connectivity index (χ0) is 50.2. The number of nitrogens with zero attached hydrogens (tertiary/aromatic N) is 8. The number of terminal acetylenes is 2. The second kappa shape index (κ2) is 24.1. The molecule has 4 aliphatic rings. The molecule has 68 heavy (non-hydrogen) atoms. The molecule has 0 unspecified atom stereocenters. The first-order chi connectivity index (χ1) is 32.2. The Morgan fingerprint density at radius 1 is 0.368 bits per heavy atom. The minimum Gasteiger partial charge on any atom is -0.341 e. The summed E-state index contributed by atoms with van der Waals surface area (Å²) in [6.07, 6.45) is 4.81. The van der Waals surface area contributed by atoms with Gasteiger partial charge in [0, 0.05) is 90.4 Å². The molecule has 362 valence electrons. The van der Waals surface area contributed by atoms with Gasteiger partial charge in [-0.2, -0.15) is 0 Å². The highest BCUT2D eigenvalue weighted by molar-refractivity contribution is 6.04. The second-order valence-electron chi connectivity index (χ2n) is 14.6. The average Bonchev–Trinajstić information content (AvgIpc) is 4.01. The van der Waals surface area contributed by atoms with E-state index in [1.165, 1.54) is 0 Å². The summed E-state index contributed by atoms with van der Waals surface area (Å²) in [6, 6.07) is 0. The fourth-order valence-corrected chi connectivity index (χ4v) is 6.38. The fourth-order valence-electron chi connectivity index (χ4n) is 6.38. The minimum absolute atomic E-state index is 0.216. The third-order valence-corrected chi connectivity index (χ3v) is 9.93. The topological polar surface area (TPSA) is 336 Å². The van der Waals surface area contributed by atoms with E-state index in [0.717, 1.165) is 9.80 Å². The lowest BCUT2D eigenvalue weighted by molar-refractivity contribution is -0.198. The molecule has 0 aromatic heterocycles. The zero-order valence-corrected chi connectivity index (χ0v) is 36.0. The van der Waals surface area contributed by atoms with E-state index >= 15 is 0 Å². The molecular formula is C40H42N8O20. The largest absolute Gasteiger partial charge is 0.341 e.